The molecule has 2 aromatic carbocycles. The SMILES string of the molecule is CNC.O=S(=O)(Cl)c1cccc2ccccc12. The molecule has 0 amide bonds. The predicted molar refractivity (Wildman–Crippen MR) is 72.0 cm³/mol. The van der Waals surface area contributed by atoms with E-state index in [2.05, 4.69) is 5.32 Å². The lowest BCUT2D eigenvalue weighted by molar-refractivity contribution is 0.610. The molecule has 3 nitrogen and oxygen atoms in total. The van der Waals surface area contributed by atoms with Gasteiger partial charge in [0.05, 0.1) is 4.90 Å². The molecule has 0 radical (unpaired) electrons. The number of halogens is 1. The van der Waals surface area contributed by atoms with Crippen LogP contribution in [0.2, 0.25) is 0 Å². The molecular weight excluding hydrogens is 258 g/mol. The van der Waals surface area contributed by atoms with Crippen molar-refractivity contribution in [2.75, 3.05) is 14.1 Å². The number of benzene rings is 2. The highest BCUT2D eigenvalue weighted by Gasteiger charge is 2.12. The standard InChI is InChI=1S/C10H7ClO2S.C2H7N/c11-14(12,13)10-7-3-5-8-4-1-2-6-9(8)10;1-3-2/h1-7H;3H,1-2H3. The van der Waals surface area contributed by atoms with Crippen LogP contribution < -0.4 is 5.32 Å². The Labute approximate surface area is 106 Å². The third kappa shape index (κ3) is 3.70. The van der Waals surface area contributed by atoms with Gasteiger partial charge in [-0.2, -0.15) is 0 Å². The van der Waals surface area contributed by atoms with Crippen molar-refractivity contribution < 1.29 is 8.42 Å². The van der Waals surface area contributed by atoms with Crippen molar-refractivity contribution in [2.24, 2.45) is 0 Å². The molecule has 0 fully saturated rings. The first-order valence-corrected chi connectivity index (χ1v) is 7.32. The molecule has 1 N–H and O–H groups in total. The van der Waals surface area contributed by atoms with Gasteiger partial charge in [0, 0.05) is 16.1 Å². The average Bonchev–Trinajstić information content (AvgIpc) is 2.28. The van der Waals surface area contributed by atoms with E-state index in [1.165, 1.54) is 6.07 Å². The zero-order valence-electron chi connectivity index (χ0n) is 9.64. The second kappa shape index (κ2) is 6.00. The molecule has 0 heterocycles. The minimum Gasteiger partial charge on any atom is -0.323 e. The van der Waals surface area contributed by atoms with Gasteiger partial charge in [0.15, 0.2) is 0 Å². The van der Waals surface area contributed by atoms with Crippen LogP contribution in [0.1, 0.15) is 0 Å². The van der Waals surface area contributed by atoms with E-state index in [0.29, 0.717) is 5.39 Å². The molecule has 2 aromatic rings. The van der Waals surface area contributed by atoms with Gasteiger partial charge in [-0.1, -0.05) is 36.4 Å². The Hall–Kier alpha value is -1.10. The van der Waals surface area contributed by atoms with Crippen molar-refractivity contribution in [1.29, 1.82) is 0 Å². The fraction of sp³-hybridized carbons (Fsp3) is 0.167. The monoisotopic (exact) mass is 271 g/mol. The van der Waals surface area contributed by atoms with Gasteiger partial charge in [-0.05, 0) is 25.5 Å². The van der Waals surface area contributed by atoms with Gasteiger partial charge in [0.1, 0.15) is 0 Å². The second-order valence-corrected chi connectivity index (χ2v) is 5.95. The summed E-state index contributed by atoms with van der Waals surface area (Å²) in [6, 6.07) is 12.3. The molecule has 0 saturated carbocycles. The van der Waals surface area contributed by atoms with Gasteiger partial charge in [0.25, 0.3) is 9.05 Å². The van der Waals surface area contributed by atoms with Crippen molar-refractivity contribution in [1.82, 2.24) is 5.32 Å². The second-order valence-electron chi connectivity index (χ2n) is 3.42. The van der Waals surface area contributed by atoms with Crippen molar-refractivity contribution in [3.8, 4) is 0 Å². The Bertz CT molecular complexity index is 591. The van der Waals surface area contributed by atoms with E-state index in [4.69, 9.17) is 10.7 Å². The van der Waals surface area contributed by atoms with E-state index in [1.807, 2.05) is 32.3 Å². The molecule has 0 aliphatic rings. The Morgan fingerprint density at radius 2 is 1.53 bits per heavy atom. The summed E-state index contributed by atoms with van der Waals surface area (Å²) in [6.07, 6.45) is 0. The van der Waals surface area contributed by atoms with E-state index in [1.54, 1.807) is 18.2 Å². The molecule has 2 rings (SSSR count). The minimum absolute atomic E-state index is 0.164. The van der Waals surface area contributed by atoms with Crippen LogP contribution in [-0.2, 0) is 9.05 Å². The quantitative estimate of drug-likeness (QED) is 0.811. The predicted octanol–water partition coefficient (Wildman–Crippen LogP) is 2.60. The highest BCUT2D eigenvalue weighted by molar-refractivity contribution is 8.14. The lowest BCUT2D eigenvalue weighted by Gasteiger charge is -2.01. The average molecular weight is 272 g/mol. The molecule has 17 heavy (non-hydrogen) atoms. The molecule has 0 saturated heterocycles. The van der Waals surface area contributed by atoms with Crippen molar-refractivity contribution in [3.05, 3.63) is 42.5 Å². The molecule has 0 aromatic heterocycles. The molecule has 0 unspecified atom stereocenters. The maximum absolute atomic E-state index is 11.2. The smallest absolute Gasteiger partial charge is 0.261 e. The van der Waals surface area contributed by atoms with E-state index >= 15 is 0 Å². The third-order valence-electron chi connectivity index (χ3n) is 2.01. The van der Waals surface area contributed by atoms with Crippen LogP contribution in [0.15, 0.2) is 47.4 Å². The van der Waals surface area contributed by atoms with E-state index in [0.717, 1.165) is 5.39 Å². The number of hydrogen-bond acceptors (Lipinski definition) is 3. The van der Waals surface area contributed by atoms with Gasteiger partial charge >= 0.3 is 0 Å². The van der Waals surface area contributed by atoms with Gasteiger partial charge in [-0.25, -0.2) is 8.42 Å². The third-order valence-corrected chi connectivity index (χ3v) is 3.39. The van der Waals surface area contributed by atoms with Gasteiger partial charge in [-0.15, -0.1) is 0 Å². The fourth-order valence-corrected chi connectivity index (χ4v) is 2.50. The van der Waals surface area contributed by atoms with Crippen LogP contribution in [-0.4, -0.2) is 22.5 Å². The first kappa shape index (κ1) is 14.0. The lowest BCUT2D eigenvalue weighted by atomic mass is 10.1. The molecule has 5 heteroatoms. The summed E-state index contributed by atoms with van der Waals surface area (Å²) in [6.45, 7) is 0. The van der Waals surface area contributed by atoms with Crippen LogP contribution in [0.4, 0.5) is 0 Å². The molecule has 0 aliphatic carbocycles. The van der Waals surface area contributed by atoms with E-state index < -0.39 is 9.05 Å². The van der Waals surface area contributed by atoms with Gasteiger partial charge < -0.3 is 5.32 Å². The molecule has 0 atom stereocenters. The first-order valence-electron chi connectivity index (χ1n) is 5.01. The summed E-state index contributed by atoms with van der Waals surface area (Å²) in [4.78, 5) is 0.164. The van der Waals surface area contributed by atoms with Crippen LogP contribution >= 0.6 is 10.7 Å². The molecular formula is C12H14ClNO2S. The number of hydrogen-bond donors (Lipinski definition) is 1. The van der Waals surface area contributed by atoms with Gasteiger partial charge in [0.2, 0.25) is 0 Å². The Morgan fingerprint density at radius 3 is 2.12 bits per heavy atom. The molecule has 0 aliphatic heterocycles. The van der Waals surface area contributed by atoms with E-state index in [-0.39, 0.29) is 4.90 Å². The normalized spacial score (nSPS) is 10.8. The maximum atomic E-state index is 11.2. The maximum Gasteiger partial charge on any atom is 0.261 e. The Balaban J connectivity index is 0.000000437. The van der Waals surface area contributed by atoms with E-state index in [9.17, 15) is 8.42 Å². The topological polar surface area (TPSA) is 46.2 Å². The van der Waals surface area contributed by atoms with Gasteiger partial charge in [-0.3, -0.25) is 0 Å². The first-order chi connectivity index (χ1) is 8.00. The summed E-state index contributed by atoms with van der Waals surface area (Å²) < 4.78 is 22.4. The Morgan fingerprint density at radius 1 is 1.00 bits per heavy atom. The van der Waals surface area contributed by atoms with Crippen molar-refractivity contribution in [3.63, 3.8) is 0 Å². The van der Waals surface area contributed by atoms with Crippen molar-refractivity contribution in [2.45, 2.75) is 4.90 Å². The molecule has 92 valence electrons. The number of fused-ring (bicyclic) bond motifs is 1. The van der Waals surface area contributed by atoms with Crippen LogP contribution in [0.5, 0.6) is 0 Å². The van der Waals surface area contributed by atoms with Crippen LogP contribution in [0.25, 0.3) is 10.8 Å². The highest BCUT2D eigenvalue weighted by Crippen LogP contribution is 2.25. The zero-order valence-corrected chi connectivity index (χ0v) is 11.2. The zero-order chi connectivity index (χ0) is 12.9. The summed E-state index contributed by atoms with van der Waals surface area (Å²) in [7, 11) is 5.40. The molecule has 0 bridgehead atoms. The Kier molecular flexibility index (Phi) is 4.93. The number of rotatable bonds is 1. The van der Waals surface area contributed by atoms with Crippen molar-refractivity contribution >= 4 is 30.5 Å². The van der Waals surface area contributed by atoms with Crippen LogP contribution in [0, 0.1) is 0 Å². The summed E-state index contributed by atoms with van der Waals surface area (Å²) >= 11 is 0. The number of nitrogens with one attached hydrogen (secondary N) is 1. The van der Waals surface area contributed by atoms with Crippen LogP contribution in [0.3, 0.4) is 0 Å². The highest BCUT2D eigenvalue weighted by atomic mass is 35.7. The molecule has 0 spiro atoms. The summed E-state index contributed by atoms with van der Waals surface area (Å²) in [5.41, 5.74) is 0. The summed E-state index contributed by atoms with van der Waals surface area (Å²) in [5.74, 6) is 0. The largest absolute Gasteiger partial charge is 0.323 e. The fourth-order valence-electron chi connectivity index (χ4n) is 1.41. The minimum atomic E-state index is -3.66. The summed E-state index contributed by atoms with van der Waals surface area (Å²) in [5, 5.41) is 4.28. The lowest BCUT2D eigenvalue weighted by Crippen LogP contribution is -1.91.